The highest BCUT2D eigenvalue weighted by Crippen LogP contribution is 2.19. The van der Waals surface area contributed by atoms with Crippen molar-refractivity contribution in [2.45, 2.75) is 4.90 Å². The number of hydrogen-bond donors (Lipinski definition) is 0. The van der Waals surface area contributed by atoms with Crippen LogP contribution in [0.1, 0.15) is 0 Å². The second-order valence-corrected chi connectivity index (χ2v) is 4.12. The van der Waals surface area contributed by atoms with E-state index in [1.807, 2.05) is 0 Å². The maximum absolute atomic E-state index is 11.2. The predicted molar refractivity (Wildman–Crippen MR) is 49.5 cm³/mol. The van der Waals surface area contributed by atoms with Gasteiger partial charge < -0.3 is 9.46 Å². The summed E-state index contributed by atoms with van der Waals surface area (Å²) in [5, 5.41) is 0. The van der Waals surface area contributed by atoms with Gasteiger partial charge in [0.25, 0.3) is 0 Å². The van der Waals surface area contributed by atoms with Gasteiger partial charge in [-0.15, -0.1) is 0 Å². The van der Waals surface area contributed by atoms with Crippen LogP contribution in [0.2, 0.25) is 0 Å². The van der Waals surface area contributed by atoms with Crippen LogP contribution in [0.25, 0.3) is 4.72 Å². The third-order valence-electron chi connectivity index (χ3n) is 1.58. The Bertz CT molecular complexity index is 386. The topological polar surface area (TPSA) is 57.5 Å². The maximum Gasteiger partial charge on any atom is 0.120 e. The van der Waals surface area contributed by atoms with Gasteiger partial charge >= 0.3 is 0 Å². The molecule has 1 aromatic rings. The first-order valence-corrected chi connectivity index (χ1v) is 5.04. The molecule has 72 valence electrons. The normalized spacial score (nSPS) is 11.2. The summed E-state index contributed by atoms with van der Waals surface area (Å²) in [7, 11) is -0.760. The van der Waals surface area contributed by atoms with Gasteiger partial charge in [-0.05, 0) is 18.2 Å². The first kappa shape index (κ1) is 10.0. The van der Waals surface area contributed by atoms with Crippen LogP contribution in [-0.2, 0) is 10.0 Å². The Balaban J connectivity index is 3.17. The molecule has 0 saturated heterocycles. The Kier molecular flexibility index (Phi) is 2.90. The van der Waals surface area contributed by atoms with E-state index in [1.165, 1.54) is 26.3 Å². The molecule has 0 saturated carbocycles. The van der Waals surface area contributed by atoms with Crippen molar-refractivity contribution < 1.29 is 13.2 Å². The first-order valence-electron chi connectivity index (χ1n) is 3.60. The second-order valence-electron chi connectivity index (χ2n) is 2.34. The van der Waals surface area contributed by atoms with Crippen LogP contribution in [0.15, 0.2) is 29.2 Å². The highest BCUT2D eigenvalue weighted by Gasteiger charge is 2.03. The number of rotatable bonds is 3. The molecule has 0 aliphatic carbocycles. The molecule has 4 nitrogen and oxygen atoms in total. The van der Waals surface area contributed by atoms with Crippen molar-refractivity contribution in [1.29, 1.82) is 0 Å². The van der Waals surface area contributed by atoms with E-state index in [4.69, 9.17) is 4.74 Å². The van der Waals surface area contributed by atoms with E-state index in [-0.39, 0.29) is 4.90 Å². The molecule has 0 aliphatic rings. The van der Waals surface area contributed by atoms with Crippen molar-refractivity contribution >= 4 is 10.0 Å². The summed E-state index contributed by atoms with van der Waals surface area (Å²) in [6, 6.07) is 6.19. The van der Waals surface area contributed by atoms with Gasteiger partial charge in [-0.1, -0.05) is 6.07 Å². The van der Waals surface area contributed by atoms with Gasteiger partial charge in [0.1, 0.15) is 15.8 Å². The molecule has 0 bridgehead atoms. The van der Waals surface area contributed by atoms with E-state index in [2.05, 4.69) is 4.72 Å². The van der Waals surface area contributed by atoms with Crippen molar-refractivity contribution in [3.05, 3.63) is 29.0 Å². The van der Waals surface area contributed by atoms with Gasteiger partial charge in [0, 0.05) is 0 Å². The molecular formula is C8H10NO3S-. The van der Waals surface area contributed by atoms with Crippen LogP contribution >= 0.6 is 0 Å². The van der Waals surface area contributed by atoms with E-state index < -0.39 is 10.0 Å². The summed E-state index contributed by atoms with van der Waals surface area (Å²) in [6.45, 7) is 0. The molecule has 0 amide bonds. The van der Waals surface area contributed by atoms with Crippen LogP contribution in [0.3, 0.4) is 0 Å². The summed E-state index contributed by atoms with van der Waals surface area (Å²) in [5.74, 6) is 0.504. The zero-order valence-corrected chi connectivity index (χ0v) is 8.21. The number of ether oxygens (including phenoxy) is 1. The molecule has 0 radical (unpaired) electrons. The molecule has 1 aromatic carbocycles. The zero-order valence-electron chi connectivity index (χ0n) is 7.39. The summed E-state index contributed by atoms with van der Waals surface area (Å²) in [6.07, 6.45) is 0. The van der Waals surface area contributed by atoms with Crippen molar-refractivity contribution in [3.8, 4) is 5.75 Å². The van der Waals surface area contributed by atoms with Crippen LogP contribution < -0.4 is 4.74 Å². The lowest BCUT2D eigenvalue weighted by Gasteiger charge is -2.13. The fourth-order valence-corrected chi connectivity index (χ4v) is 1.59. The average Bonchev–Trinajstić information content (AvgIpc) is 2.18. The molecule has 0 N–H and O–H groups in total. The summed E-state index contributed by atoms with van der Waals surface area (Å²) >= 11 is 0. The lowest BCUT2D eigenvalue weighted by molar-refractivity contribution is 0.413. The molecule has 0 spiro atoms. The molecule has 0 aliphatic heterocycles. The summed E-state index contributed by atoms with van der Waals surface area (Å²) in [5.41, 5.74) is 0. The number of methoxy groups -OCH3 is 1. The number of hydrogen-bond acceptors (Lipinski definition) is 3. The Morgan fingerprint density at radius 2 is 2.08 bits per heavy atom. The fourth-order valence-electron chi connectivity index (χ4n) is 0.867. The summed E-state index contributed by atoms with van der Waals surface area (Å²) in [4.78, 5) is 0.148. The molecule has 0 aromatic heterocycles. The van der Waals surface area contributed by atoms with E-state index in [1.54, 1.807) is 12.1 Å². The number of benzene rings is 1. The minimum Gasteiger partial charge on any atom is -0.547 e. The van der Waals surface area contributed by atoms with E-state index >= 15 is 0 Å². The highest BCUT2D eigenvalue weighted by molar-refractivity contribution is 7.94. The smallest absolute Gasteiger partial charge is 0.120 e. The van der Waals surface area contributed by atoms with Gasteiger partial charge in [-0.25, -0.2) is 8.42 Å². The zero-order chi connectivity index (χ0) is 9.90. The Morgan fingerprint density at radius 1 is 1.38 bits per heavy atom. The van der Waals surface area contributed by atoms with Crippen molar-refractivity contribution in [1.82, 2.24) is 0 Å². The quantitative estimate of drug-likeness (QED) is 0.740. The largest absolute Gasteiger partial charge is 0.547 e. The standard InChI is InChI=1S/C8H10NO3S/c1-9-13(10,11)8-5-3-4-7(6-8)12-2/h3-6H,1-2H3/q-1. The number of nitrogens with zero attached hydrogens (tertiary/aromatic N) is 1. The Morgan fingerprint density at radius 3 is 2.62 bits per heavy atom. The van der Waals surface area contributed by atoms with Crippen LogP contribution in [-0.4, -0.2) is 22.6 Å². The molecule has 0 fully saturated rings. The van der Waals surface area contributed by atoms with Crippen LogP contribution in [0, 0.1) is 0 Å². The van der Waals surface area contributed by atoms with Crippen molar-refractivity contribution in [2.75, 3.05) is 14.2 Å². The average molecular weight is 200 g/mol. The SMILES string of the molecule is C[N-]S(=O)(=O)c1cccc(OC)c1. The molecule has 0 unspecified atom stereocenters. The lowest BCUT2D eigenvalue weighted by atomic mass is 10.3. The molecule has 0 heterocycles. The van der Waals surface area contributed by atoms with Gasteiger partial charge in [0.2, 0.25) is 0 Å². The van der Waals surface area contributed by atoms with Gasteiger partial charge in [0.15, 0.2) is 0 Å². The van der Waals surface area contributed by atoms with Gasteiger partial charge in [-0.2, -0.15) is 7.05 Å². The summed E-state index contributed by atoms with van der Waals surface area (Å²) < 4.78 is 30.7. The van der Waals surface area contributed by atoms with E-state index in [0.717, 1.165) is 0 Å². The molecule has 1 rings (SSSR count). The maximum atomic E-state index is 11.2. The monoisotopic (exact) mass is 200 g/mol. The lowest BCUT2D eigenvalue weighted by Crippen LogP contribution is -1.97. The third-order valence-corrected chi connectivity index (χ3v) is 2.91. The van der Waals surface area contributed by atoms with Gasteiger partial charge in [0.05, 0.1) is 12.0 Å². The van der Waals surface area contributed by atoms with Crippen LogP contribution in [0.4, 0.5) is 0 Å². The Labute approximate surface area is 77.6 Å². The van der Waals surface area contributed by atoms with E-state index in [0.29, 0.717) is 5.75 Å². The fraction of sp³-hybridized carbons (Fsp3) is 0.250. The molecular weight excluding hydrogens is 190 g/mol. The second kappa shape index (κ2) is 3.76. The van der Waals surface area contributed by atoms with Crippen LogP contribution in [0.5, 0.6) is 5.75 Å². The first-order chi connectivity index (χ1) is 6.10. The highest BCUT2D eigenvalue weighted by atomic mass is 32.2. The predicted octanol–water partition coefficient (Wildman–Crippen LogP) is 1.39. The minimum atomic E-state index is -3.49. The van der Waals surface area contributed by atoms with E-state index in [9.17, 15) is 8.42 Å². The van der Waals surface area contributed by atoms with Crippen molar-refractivity contribution in [2.24, 2.45) is 0 Å². The third kappa shape index (κ3) is 2.19. The molecule has 13 heavy (non-hydrogen) atoms. The van der Waals surface area contributed by atoms with Crippen molar-refractivity contribution in [3.63, 3.8) is 0 Å². The Hall–Kier alpha value is -1.07. The minimum absolute atomic E-state index is 0.148. The molecule has 5 heteroatoms. The number of sulfonamides is 1. The molecule has 0 atom stereocenters. The van der Waals surface area contributed by atoms with Gasteiger partial charge in [-0.3, -0.25) is 0 Å².